The third kappa shape index (κ3) is 4.49. The second kappa shape index (κ2) is 9.01. The van der Waals surface area contributed by atoms with Crippen LogP contribution in [-0.4, -0.2) is 67.3 Å². The van der Waals surface area contributed by atoms with Crippen LogP contribution in [0.25, 0.3) is 0 Å². The van der Waals surface area contributed by atoms with Crippen LogP contribution < -0.4 is 9.64 Å². The fraction of sp³-hybridized carbons (Fsp3) is 0.478. The van der Waals surface area contributed by atoms with Crippen LogP contribution in [0.2, 0.25) is 0 Å². The number of hydrogen-bond donors (Lipinski definition) is 1. The van der Waals surface area contributed by atoms with Crippen LogP contribution in [0.5, 0.6) is 11.5 Å². The van der Waals surface area contributed by atoms with Gasteiger partial charge in [0.15, 0.2) is 11.5 Å². The number of methoxy groups -OCH3 is 1. The molecular weight excluding hydrogens is 369 g/mol. The van der Waals surface area contributed by atoms with Crippen molar-refractivity contribution in [3.05, 3.63) is 53.8 Å². The Hall–Kier alpha value is -2.31. The van der Waals surface area contributed by atoms with Crippen molar-refractivity contribution in [1.82, 2.24) is 9.80 Å². The van der Waals surface area contributed by atoms with Gasteiger partial charge in [-0.2, -0.15) is 0 Å². The zero-order chi connectivity index (χ0) is 20.2. The zero-order valence-corrected chi connectivity index (χ0v) is 17.1. The molecule has 29 heavy (non-hydrogen) atoms. The molecule has 5 nitrogen and oxygen atoms in total. The number of halogens is 1. The number of phenols is 1. The molecule has 0 saturated carbocycles. The van der Waals surface area contributed by atoms with Crippen molar-refractivity contribution in [2.45, 2.75) is 25.4 Å². The average Bonchev–Trinajstić information content (AvgIpc) is 2.76. The predicted molar refractivity (Wildman–Crippen MR) is 113 cm³/mol. The van der Waals surface area contributed by atoms with Crippen molar-refractivity contribution >= 4 is 5.69 Å². The molecule has 2 saturated heterocycles. The Labute approximate surface area is 172 Å². The minimum atomic E-state index is -0.136. The third-order valence-corrected chi connectivity index (χ3v) is 6.20. The molecule has 2 aromatic rings. The first-order valence-electron chi connectivity index (χ1n) is 10.5. The lowest BCUT2D eigenvalue weighted by atomic mass is 10.0. The van der Waals surface area contributed by atoms with E-state index in [2.05, 4.69) is 14.7 Å². The second-order valence-corrected chi connectivity index (χ2v) is 7.97. The molecular formula is C23H30FN3O2. The highest BCUT2D eigenvalue weighted by molar-refractivity contribution is 5.48. The number of rotatable bonds is 5. The Kier molecular flexibility index (Phi) is 6.21. The lowest BCUT2D eigenvalue weighted by Gasteiger charge is -2.44. The first kappa shape index (κ1) is 20.0. The molecule has 0 unspecified atom stereocenters. The van der Waals surface area contributed by atoms with E-state index in [4.69, 9.17) is 4.74 Å². The molecule has 1 N–H and O–H groups in total. The van der Waals surface area contributed by atoms with Gasteiger partial charge in [-0.05, 0) is 37.6 Å². The van der Waals surface area contributed by atoms with Gasteiger partial charge in [0, 0.05) is 50.9 Å². The lowest BCUT2D eigenvalue weighted by Crippen LogP contribution is -2.55. The minimum Gasteiger partial charge on any atom is -0.504 e. The van der Waals surface area contributed by atoms with Crippen LogP contribution in [0, 0.1) is 5.82 Å². The minimum absolute atomic E-state index is 0.136. The van der Waals surface area contributed by atoms with E-state index in [0.717, 1.165) is 57.8 Å². The van der Waals surface area contributed by atoms with Gasteiger partial charge in [0.05, 0.1) is 12.8 Å². The largest absolute Gasteiger partial charge is 0.504 e. The maximum absolute atomic E-state index is 14.1. The van der Waals surface area contributed by atoms with Gasteiger partial charge >= 0.3 is 0 Å². The molecule has 156 valence electrons. The van der Waals surface area contributed by atoms with Crippen molar-refractivity contribution in [2.75, 3.05) is 51.3 Å². The van der Waals surface area contributed by atoms with Crippen LogP contribution in [0.4, 0.5) is 10.1 Å². The van der Waals surface area contributed by atoms with Crippen molar-refractivity contribution < 1.29 is 14.2 Å². The van der Waals surface area contributed by atoms with Crippen LogP contribution in [0.15, 0.2) is 42.5 Å². The van der Waals surface area contributed by atoms with Crippen molar-refractivity contribution in [2.24, 2.45) is 0 Å². The Morgan fingerprint density at radius 2 is 1.83 bits per heavy atom. The first-order chi connectivity index (χ1) is 14.2. The van der Waals surface area contributed by atoms with Crippen LogP contribution in [0.3, 0.4) is 0 Å². The number of anilines is 1. The van der Waals surface area contributed by atoms with Gasteiger partial charge in [0.2, 0.25) is 0 Å². The number of piperazine rings is 1. The van der Waals surface area contributed by atoms with E-state index >= 15 is 0 Å². The summed E-state index contributed by atoms with van der Waals surface area (Å²) < 4.78 is 19.3. The number of para-hydroxylation sites is 2. The van der Waals surface area contributed by atoms with Crippen molar-refractivity contribution in [3.63, 3.8) is 0 Å². The van der Waals surface area contributed by atoms with E-state index in [9.17, 15) is 9.50 Å². The molecule has 0 bridgehead atoms. The lowest BCUT2D eigenvalue weighted by molar-refractivity contribution is 0.0882. The molecule has 4 rings (SSSR count). The number of piperidine rings is 1. The number of aromatic hydroxyl groups is 1. The molecule has 2 aromatic carbocycles. The Morgan fingerprint density at radius 3 is 2.59 bits per heavy atom. The summed E-state index contributed by atoms with van der Waals surface area (Å²) in [4.78, 5) is 7.13. The number of nitrogens with zero attached hydrogens (tertiary/aromatic N) is 3. The molecule has 2 fully saturated rings. The van der Waals surface area contributed by atoms with Gasteiger partial charge < -0.3 is 14.7 Å². The van der Waals surface area contributed by atoms with E-state index < -0.39 is 0 Å². The monoisotopic (exact) mass is 399 g/mol. The highest BCUT2D eigenvalue weighted by Crippen LogP contribution is 2.31. The molecule has 6 heteroatoms. The molecule has 0 aromatic heterocycles. The van der Waals surface area contributed by atoms with Gasteiger partial charge in [0.1, 0.15) is 5.82 Å². The smallest absolute Gasteiger partial charge is 0.162 e. The molecule has 2 heterocycles. The summed E-state index contributed by atoms with van der Waals surface area (Å²) in [6, 6.07) is 13.2. The molecule has 0 amide bonds. The number of ether oxygens (including phenoxy) is 1. The Balaban J connectivity index is 1.34. The summed E-state index contributed by atoms with van der Waals surface area (Å²) in [7, 11) is 1.58. The SMILES string of the molecule is COc1cccc(CN2CCC[C@H](N3CCN(c4ccccc4F)CC3)C2)c1O. The molecule has 0 radical (unpaired) electrons. The zero-order valence-electron chi connectivity index (χ0n) is 17.1. The summed E-state index contributed by atoms with van der Waals surface area (Å²) in [6.07, 6.45) is 2.35. The predicted octanol–water partition coefficient (Wildman–Crippen LogP) is 3.33. The normalized spacial score (nSPS) is 21.3. The molecule has 0 aliphatic carbocycles. The summed E-state index contributed by atoms with van der Waals surface area (Å²) in [5.41, 5.74) is 1.63. The van der Waals surface area contributed by atoms with E-state index in [1.165, 1.54) is 12.5 Å². The summed E-state index contributed by atoms with van der Waals surface area (Å²) in [5, 5.41) is 10.4. The fourth-order valence-corrected chi connectivity index (χ4v) is 4.61. The highest BCUT2D eigenvalue weighted by Gasteiger charge is 2.29. The standard InChI is InChI=1S/C23H30FN3O2/c1-29-22-10-4-6-18(23(22)28)16-25-11-5-7-19(17-25)26-12-14-27(15-13-26)21-9-3-2-8-20(21)24/h2-4,6,8-10,19,28H,5,7,11-17H2,1H3/t19-/m0/s1. The third-order valence-electron chi connectivity index (χ3n) is 6.20. The number of phenolic OH excluding ortho intramolecular Hbond substituents is 1. The van der Waals surface area contributed by atoms with Crippen molar-refractivity contribution in [3.8, 4) is 11.5 Å². The number of benzene rings is 2. The fourth-order valence-electron chi connectivity index (χ4n) is 4.61. The quantitative estimate of drug-likeness (QED) is 0.835. The first-order valence-corrected chi connectivity index (χ1v) is 10.5. The van der Waals surface area contributed by atoms with E-state index in [0.29, 0.717) is 17.5 Å². The van der Waals surface area contributed by atoms with Gasteiger partial charge in [-0.25, -0.2) is 4.39 Å². The van der Waals surface area contributed by atoms with Gasteiger partial charge in [-0.3, -0.25) is 9.80 Å². The van der Waals surface area contributed by atoms with E-state index in [1.807, 2.05) is 24.3 Å². The van der Waals surface area contributed by atoms with Crippen LogP contribution >= 0.6 is 0 Å². The van der Waals surface area contributed by atoms with E-state index in [1.54, 1.807) is 19.2 Å². The molecule has 0 spiro atoms. The molecule has 2 aliphatic heterocycles. The summed E-state index contributed by atoms with van der Waals surface area (Å²) in [6.45, 7) is 6.39. The molecule has 2 aliphatic rings. The summed E-state index contributed by atoms with van der Waals surface area (Å²) in [5.74, 6) is 0.638. The second-order valence-electron chi connectivity index (χ2n) is 7.97. The van der Waals surface area contributed by atoms with Crippen LogP contribution in [-0.2, 0) is 6.54 Å². The topological polar surface area (TPSA) is 39.2 Å². The van der Waals surface area contributed by atoms with Crippen LogP contribution in [0.1, 0.15) is 18.4 Å². The maximum Gasteiger partial charge on any atom is 0.162 e. The van der Waals surface area contributed by atoms with E-state index in [-0.39, 0.29) is 11.6 Å². The summed E-state index contributed by atoms with van der Waals surface area (Å²) >= 11 is 0. The number of hydrogen-bond acceptors (Lipinski definition) is 5. The Bertz CT molecular complexity index is 824. The van der Waals surface area contributed by atoms with Gasteiger partial charge in [-0.15, -0.1) is 0 Å². The molecule has 1 atom stereocenters. The van der Waals surface area contributed by atoms with Gasteiger partial charge in [-0.1, -0.05) is 24.3 Å². The average molecular weight is 400 g/mol. The van der Waals surface area contributed by atoms with Crippen molar-refractivity contribution in [1.29, 1.82) is 0 Å². The Morgan fingerprint density at radius 1 is 1.03 bits per heavy atom. The van der Waals surface area contributed by atoms with Gasteiger partial charge in [0.25, 0.3) is 0 Å². The number of likely N-dealkylation sites (tertiary alicyclic amines) is 1. The maximum atomic E-state index is 14.1. The highest BCUT2D eigenvalue weighted by atomic mass is 19.1.